The Morgan fingerprint density at radius 3 is 2.80 bits per heavy atom. The normalized spacial score (nSPS) is 13.7. The van der Waals surface area contributed by atoms with E-state index < -0.39 is 21.7 Å². The molecule has 0 saturated heterocycles. The standard InChI is InChI=1S/C20H19FN4O4S/c1-2-30(28,29)24-17-13-4-3-7-23-18(13)19(26)16-14(17)10-25(20(16)27)9-11-5-6-12(21)8-15(11)22/h3-8,24,26H,2,9-10,22H2,1H3. The monoisotopic (exact) mass is 430 g/mol. The van der Waals surface area contributed by atoms with Gasteiger partial charge in [0.1, 0.15) is 11.3 Å². The van der Waals surface area contributed by atoms with Gasteiger partial charge in [-0.25, -0.2) is 12.8 Å². The lowest BCUT2D eigenvalue weighted by Crippen LogP contribution is -2.24. The van der Waals surface area contributed by atoms with Gasteiger partial charge in [0, 0.05) is 35.9 Å². The Bertz CT molecular complexity index is 1290. The van der Waals surface area contributed by atoms with Crippen LogP contribution in [0, 0.1) is 5.82 Å². The number of phenolic OH excluding ortho intramolecular Hbond substituents is 1. The first-order valence-electron chi connectivity index (χ1n) is 9.18. The van der Waals surface area contributed by atoms with E-state index in [1.165, 1.54) is 36.2 Å². The average molecular weight is 430 g/mol. The van der Waals surface area contributed by atoms with E-state index in [2.05, 4.69) is 9.71 Å². The lowest BCUT2D eigenvalue weighted by Gasteiger charge is -2.17. The van der Waals surface area contributed by atoms with Crippen molar-refractivity contribution in [2.45, 2.75) is 20.0 Å². The molecule has 0 aliphatic carbocycles. The minimum absolute atomic E-state index is 0.00399. The van der Waals surface area contributed by atoms with Crippen LogP contribution in [0.1, 0.15) is 28.4 Å². The number of aromatic nitrogens is 1. The third kappa shape index (κ3) is 3.28. The van der Waals surface area contributed by atoms with Crippen LogP contribution in [0.3, 0.4) is 0 Å². The maximum Gasteiger partial charge on any atom is 0.258 e. The van der Waals surface area contributed by atoms with Gasteiger partial charge in [-0.3, -0.25) is 14.5 Å². The number of amides is 1. The Balaban J connectivity index is 1.84. The van der Waals surface area contributed by atoms with Crippen molar-refractivity contribution in [2.75, 3.05) is 16.2 Å². The molecular formula is C20H19FN4O4S. The van der Waals surface area contributed by atoms with E-state index >= 15 is 0 Å². The molecule has 10 heteroatoms. The summed E-state index contributed by atoms with van der Waals surface area (Å²) in [5, 5.41) is 11.1. The number of rotatable bonds is 5. The molecule has 0 unspecified atom stereocenters. The molecule has 1 amide bonds. The van der Waals surface area contributed by atoms with Gasteiger partial charge < -0.3 is 15.7 Å². The van der Waals surface area contributed by atoms with Crippen LogP contribution in [0.2, 0.25) is 0 Å². The average Bonchev–Trinajstić information content (AvgIpc) is 3.04. The van der Waals surface area contributed by atoms with Crippen molar-refractivity contribution in [1.29, 1.82) is 0 Å². The number of pyridine rings is 1. The minimum Gasteiger partial charge on any atom is -0.505 e. The molecule has 0 saturated carbocycles. The van der Waals surface area contributed by atoms with Crippen LogP contribution in [0.15, 0.2) is 36.5 Å². The predicted octanol–water partition coefficient (Wildman–Crippen LogP) is 2.58. The number of halogens is 1. The Hall–Kier alpha value is -3.40. The molecule has 4 rings (SSSR count). The summed E-state index contributed by atoms with van der Waals surface area (Å²) in [6.07, 6.45) is 1.45. The van der Waals surface area contributed by atoms with Gasteiger partial charge in [-0.1, -0.05) is 6.07 Å². The number of aromatic hydroxyl groups is 1. The van der Waals surface area contributed by atoms with Gasteiger partial charge in [0.2, 0.25) is 10.0 Å². The Kier molecular flexibility index (Phi) is 4.73. The molecule has 8 nitrogen and oxygen atoms in total. The second-order valence-corrected chi connectivity index (χ2v) is 9.00. The highest BCUT2D eigenvalue weighted by atomic mass is 32.2. The number of phenols is 1. The molecule has 0 spiro atoms. The van der Waals surface area contributed by atoms with Gasteiger partial charge in [-0.15, -0.1) is 0 Å². The Morgan fingerprint density at radius 1 is 1.33 bits per heavy atom. The van der Waals surface area contributed by atoms with Gasteiger partial charge in [0.25, 0.3) is 5.91 Å². The molecule has 156 valence electrons. The van der Waals surface area contributed by atoms with E-state index in [0.29, 0.717) is 16.5 Å². The number of sulfonamides is 1. The smallest absolute Gasteiger partial charge is 0.258 e. The third-order valence-corrected chi connectivity index (χ3v) is 6.37. The highest BCUT2D eigenvalue weighted by Gasteiger charge is 2.36. The minimum atomic E-state index is -3.65. The summed E-state index contributed by atoms with van der Waals surface area (Å²) in [6.45, 7) is 1.62. The number of nitrogens with two attached hydrogens (primary N) is 1. The molecular weight excluding hydrogens is 411 g/mol. The van der Waals surface area contributed by atoms with Gasteiger partial charge in [0.15, 0.2) is 5.75 Å². The number of carbonyl (C=O) groups excluding carboxylic acids is 1. The maximum absolute atomic E-state index is 13.3. The summed E-state index contributed by atoms with van der Waals surface area (Å²) < 4.78 is 40.4. The van der Waals surface area contributed by atoms with E-state index in [1.807, 2.05) is 0 Å². The topological polar surface area (TPSA) is 126 Å². The molecule has 2 aromatic carbocycles. The molecule has 1 aliphatic heterocycles. The Labute approximate surface area is 172 Å². The van der Waals surface area contributed by atoms with Crippen molar-refractivity contribution in [3.8, 4) is 5.75 Å². The van der Waals surface area contributed by atoms with E-state index in [4.69, 9.17) is 5.73 Å². The van der Waals surface area contributed by atoms with Crippen LogP contribution in [-0.2, 0) is 23.1 Å². The molecule has 0 bridgehead atoms. The van der Waals surface area contributed by atoms with Crippen LogP contribution in [0.5, 0.6) is 5.75 Å². The number of nitrogen functional groups attached to an aromatic ring is 1. The zero-order valence-corrected chi connectivity index (χ0v) is 16.8. The molecule has 1 aromatic heterocycles. The summed E-state index contributed by atoms with van der Waals surface area (Å²) in [6, 6.07) is 7.14. The van der Waals surface area contributed by atoms with Crippen molar-refractivity contribution in [3.05, 3.63) is 59.0 Å². The van der Waals surface area contributed by atoms with E-state index in [-0.39, 0.29) is 47.0 Å². The first-order valence-corrected chi connectivity index (χ1v) is 10.8. The SMILES string of the molecule is CCS(=O)(=O)Nc1c2c(c(O)c3ncccc13)C(=O)N(Cc1ccc(F)cc1N)C2. The van der Waals surface area contributed by atoms with Gasteiger partial charge in [-0.2, -0.15) is 0 Å². The summed E-state index contributed by atoms with van der Waals surface area (Å²) in [4.78, 5) is 18.6. The summed E-state index contributed by atoms with van der Waals surface area (Å²) in [5.41, 5.74) is 7.29. The molecule has 3 aromatic rings. The lowest BCUT2D eigenvalue weighted by molar-refractivity contribution is 0.0765. The van der Waals surface area contributed by atoms with Crippen LogP contribution >= 0.6 is 0 Å². The first-order chi connectivity index (χ1) is 14.2. The van der Waals surface area contributed by atoms with Gasteiger partial charge in [0.05, 0.1) is 17.0 Å². The summed E-state index contributed by atoms with van der Waals surface area (Å²) in [7, 11) is -3.65. The summed E-state index contributed by atoms with van der Waals surface area (Å²) >= 11 is 0. The van der Waals surface area contributed by atoms with E-state index in [1.54, 1.807) is 12.1 Å². The second kappa shape index (κ2) is 7.13. The van der Waals surface area contributed by atoms with Crippen molar-refractivity contribution >= 4 is 38.2 Å². The molecule has 1 aliphatic rings. The third-order valence-electron chi connectivity index (χ3n) is 5.10. The fourth-order valence-corrected chi connectivity index (χ4v) is 4.23. The number of hydrogen-bond acceptors (Lipinski definition) is 6. The van der Waals surface area contributed by atoms with E-state index in [9.17, 15) is 22.7 Å². The predicted molar refractivity (Wildman–Crippen MR) is 111 cm³/mol. The molecule has 4 N–H and O–H groups in total. The number of nitrogens with zero attached hydrogens (tertiary/aromatic N) is 2. The van der Waals surface area contributed by atoms with Crippen LogP contribution < -0.4 is 10.5 Å². The van der Waals surface area contributed by atoms with Crippen molar-refractivity contribution in [2.24, 2.45) is 0 Å². The summed E-state index contributed by atoms with van der Waals surface area (Å²) in [5.74, 6) is -1.44. The molecule has 0 atom stereocenters. The Morgan fingerprint density at radius 2 is 2.10 bits per heavy atom. The van der Waals surface area contributed by atoms with Crippen LogP contribution in [-0.4, -0.2) is 35.1 Å². The zero-order chi connectivity index (χ0) is 21.6. The highest BCUT2D eigenvalue weighted by Crippen LogP contribution is 2.43. The molecule has 30 heavy (non-hydrogen) atoms. The van der Waals surface area contributed by atoms with Gasteiger partial charge >= 0.3 is 0 Å². The number of fused-ring (bicyclic) bond motifs is 2. The number of benzene rings is 2. The largest absolute Gasteiger partial charge is 0.505 e. The van der Waals surface area contributed by atoms with Crippen LogP contribution in [0.4, 0.5) is 15.8 Å². The zero-order valence-electron chi connectivity index (χ0n) is 16.0. The fourth-order valence-electron chi connectivity index (χ4n) is 3.54. The first kappa shape index (κ1) is 19.9. The van der Waals surface area contributed by atoms with Gasteiger partial charge in [-0.05, 0) is 36.8 Å². The number of anilines is 2. The highest BCUT2D eigenvalue weighted by molar-refractivity contribution is 7.92. The van der Waals surface area contributed by atoms with Crippen molar-refractivity contribution in [3.63, 3.8) is 0 Å². The molecule has 2 heterocycles. The van der Waals surface area contributed by atoms with Crippen molar-refractivity contribution < 1.29 is 22.7 Å². The van der Waals surface area contributed by atoms with E-state index in [0.717, 1.165) is 0 Å². The second-order valence-electron chi connectivity index (χ2n) is 6.99. The quantitative estimate of drug-likeness (QED) is 0.422. The molecule has 0 fully saturated rings. The number of nitrogens with one attached hydrogen (secondary N) is 1. The molecule has 0 radical (unpaired) electrons. The fraction of sp³-hybridized carbons (Fsp3) is 0.200. The number of hydrogen-bond donors (Lipinski definition) is 3. The van der Waals surface area contributed by atoms with Crippen LogP contribution in [0.25, 0.3) is 10.9 Å². The lowest BCUT2D eigenvalue weighted by atomic mass is 10.0. The number of carbonyl (C=O) groups is 1. The maximum atomic E-state index is 13.3. The van der Waals surface area contributed by atoms with Crippen molar-refractivity contribution in [1.82, 2.24) is 9.88 Å².